The Morgan fingerprint density at radius 3 is 2.59 bits per heavy atom. The summed E-state index contributed by atoms with van der Waals surface area (Å²) in [5.74, 6) is 1.14. The quantitative estimate of drug-likeness (QED) is 0.697. The highest BCUT2D eigenvalue weighted by Crippen LogP contribution is 2.52. The van der Waals surface area contributed by atoms with Gasteiger partial charge in [-0.25, -0.2) is 14.6 Å². The molecule has 2 aliphatic rings. The van der Waals surface area contributed by atoms with E-state index < -0.39 is 16.3 Å². The van der Waals surface area contributed by atoms with Gasteiger partial charge < -0.3 is 10.0 Å². The van der Waals surface area contributed by atoms with Crippen LogP contribution in [0.25, 0.3) is 5.52 Å². The molecule has 1 atom stereocenters. The van der Waals surface area contributed by atoms with Crippen molar-refractivity contribution in [3.63, 3.8) is 0 Å². The standard InChI is InChI=1S/C18H27ClN6O3S/c1-11(2)14-4-15(19)25-16(14)17(21-10-22-25)23-8-18(9-23)5-13(6-18)24(7-12(3)26)29(20,27)28/h4,10-13,26H,5-9H2,1-3H3,(H2,20,27,28). The van der Waals surface area contributed by atoms with Gasteiger partial charge in [-0.15, -0.1) is 0 Å². The molecule has 3 N–H and O–H groups in total. The lowest BCUT2D eigenvalue weighted by Gasteiger charge is -2.60. The van der Waals surface area contributed by atoms with E-state index in [-0.39, 0.29) is 23.9 Å². The molecule has 0 amide bonds. The third-order valence-corrected chi connectivity index (χ3v) is 7.38. The van der Waals surface area contributed by atoms with E-state index in [1.165, 1.54) is 10.6 Å². The van der Waals surface area contributed by atoms with Crippen molar-refractivity contribution < 1.29 is 13.5 Å². The normalized spacial score (nSPS) is 20.5. The van der Waals surface area contributed by atoms with E-state index in [9.17, 15) is 13.5 Å². The number of nitrogens with two attached hydrogens (primary N) is 1. The van der Waals surface area contributed by atoms with Crippen molar-refractivity contribution in [1.29, 1.82) is 0 Å². The van der Waals surface area contributed by atoms with Gasteiger partial charge in [-0.1, -0.05) is 25.4 Å². The van der Waals surface area contributed by atoms with Crippen LogP contribution in [0.15, 0.2) is 12.4 Å². The maximum Gasteiger partial charge on any atom is 0.277 e. The van der Waals surface area contributed by atoms with Crippen LogP contribution < -0.4 is 10.0 Å². The number of rotatable bonds is 6. The highest BCUT2D eigenvalue weighted by molar-refractivity contribution is 7.86. The second-order valence-corrected chi connectivity index (χ2v) is 10.7. The molecule has 3 heterocycles. The van der Waals surface area contributed by atoms with Crippen LogP contribution in [0.4, 0.5) is 5.82 Å². The molecule has 4 rings (SSSR count). The zero-order valence-electron chi connectivity index (χ0n) is 16.8. The number of halogens is 1. The number of aliphatic hydroxyl groups is 1. The van der Waals surface area contributed by atoms with Crippen molar-refractivity contribution in [2.24, 2.45) is 10.6 Å². The molecule has 160 valence electrons. The number of fused-ring (bicyclic) bond motifs is 1. The van der Waals surface area contributed by atoms with Crippen molar-refractivity contribution >= 4 is 33.1 Å². The second-order valence-electron chi connectivity index (χ2n) is 8.80. The van der Waals surface area contributed by atoms with Gasteiger partial charge in [0, 0.05) is 31.1 Å². The van der Waals surface area contributed by atoms with Crippen molar-refractivity contribution in [3.8, 4) is 0 Å². The Kier molecular flexibility index (Phi) is 5.06. The van der Waals surface area contributed by atoms with Crippen LogP contribution in [0, 0.1) is 5.41 Å². The lowest BCUT2D eigenvalue weighted by molar-refractivity contribution is 0.00227. The molecule has 1 unspecified atom stereocenters. The molecule has 2 fully saturated rings. The lowest BCUT2D eigenvalue weighted by Crippen LogP contribution is -2.68. The average Bonchev–Trinajstić information content (AvgIpc) is 2.88. The lowest BCUT2D eigenvalue weighted by atomic mass is 9.60. The first-order chi connectivity index (χ1) is 13.5. The Balaban J connectivity index is 1.51. The highest BCUT2D eigenvalue weighted by atomic mass is 35.5. The molecule has 0 bridgehead atoms. The number of anilines is 1. The third-order valence-electron chi connectivity index (χ3n) is 6.01. The summed E-state index contributed by atoms with van der Waals surface area (Å²) in [5, 5.41) is 19.8. The Morgan fingerprint density at radius 1 is 1.38 bits per heavy atom. The van der Waals surface area contributed by atoms with Gasteiger partial charge in [0.25, 0.3) is 10.2 Å². The molecule has 1 aliphatic heterocycles. The first-order valence-corrected chi connectivity index (χ1v) is 11.6. The van der Waals surface area contributed by atoms with E-state index in [0.29, 0.717) is 5.15 Å². The monoisotopic (exact) mass is 442 g/mol. The Hall–Kier alpha value is -1.46. The van der Waals surface area contributed by atoms with E-state index in [0.717, 1.165) is 42.8 Å². The molecule has 29 heavy (non-hydrogen) atoms. The molecule has 9 nitrogen and oxygen atoms in total. The van der Waals surface area contributed by atoms with Crippen LogP contribution in [-0.2, 0) is 10.2 Å². The van der Waals surface area contributed by atoms with E-state index in [1.54, 1.807) is 11.4 Å². The van der Waals surface area contributed by atoms with Crippen LogP contribution in [-0.4, -0.2) is 64.2 Å². The van der Waals surface area contributed by atoms with Gasteiger partial charge in [0.05, 0.1) is 6.10 Å². The van der Waals surface area contributed by atoms with E-state index in [2.05, 4.69) is 28.8 Å². The molecule has 0 aromatic carbocycles. The molecule has 1 saturated heterocycles. The number of nitrogens with zero attached hydrogens (tertiary/aromatic N) is 5. The van der Waals surface area contributed by atoms with Crippen molar-refractivity contribution in [2.75, 3.05) is 24.5 Å². The fourth-order valence-electron chi connectivity index (χ4n) is 4.72. The average molecular weight is 443 g/mol. The SMILES string of the molecule is CC(O)CN(C1CC2(C1)CN(c1ncnn3c(Cl)cc(C(C)C)c13)C2)S(N)(=O)=O. The molecule has 2 aromatic heterocycles. The fraction of sp³-hybridized carbons (Fsp3) is 0.667. The van der Waals surface area contributed by atoms with Gasteiger partial charge in [-0.05, 0) is 37.3 Å². The minimum atomic E-state index is -3.84. The first kappa shape index (κ1) is 20.8. The Bertz CT molecular complexity index is 1020. The first-order valence-electron chi connectivity index (χ1n) is 9.75. The number of aromatic nitrogens is 3. The van der Waals surface area contributed by atoms with Crippen LogP contribution in [0.2, 0.25) is 5.15 Å². The molecule has 2 aromatic rings. The largest absolute Gasteiger partial charge is 0.392 e. The van der Waals surface area contributed by atoms with Crippen LogP contribution in [0.3, 0.4) is 0 Å². The van der Waals surface area contributed by atoms with Gasteiger partial charge >= 0.3 is 0 Å². The molecular formula is C18H27ClN6O3S. The summed E-state index contributed by atoms with van der Waals surface area (Å²) >= 11 is 6.35. The summed E-state index contributed by atoms with van der Waals surface area (Å²) in [5.41, 5.74) is 2.09. The zero-order chi connectivity index (χ0) is 21.1. The molecule has 0 radical (unpaired) electrons. The second kappa shape index (κ2) is 7.05. The van der Waals surface area contributed by atoms with E-state index >= 15 is 0 Å². The fourth-order valence-corrected chi connectivity index (χ4v) is 5.96. The summed E-state index contributed by atoms with van der Waals surface area (Å²) in [7, 11) is -3.84. The number of hydrogen-bond acceptors (Lipinski definition) is 6. The van der Waals surface area contributed by atoms with Gasteiger partial charge in [-0.2, -0.15) is 17.8 Å². The predicted octanol–water partition coefficient (Wildman–Crippen LogP) is 1.36. The van der Waals surface area contributed by atoms with Gasteiger partial charge in [0.1, 0.15) is 17.0 Å². The van der Waals surface area contributed by atoms with Gasteiger partial charge in [-0.3, -0.25) is 0 Å². The van der Waals surface area contributed by atoms with E-state index in [1.807, 2.05) is 6.07 Å². The van der Waals surface area contributed by atoms with E-state index in [4.69, 9.17) is 16.7 Å². The minimum absolute atomic E-state index is 0.0240. The van der Waals surface area contributed by atoms with Gasteiger partial charge in [0.2, 0.25) is 0 Å². The predicted molar refractivity (Wildman–Crippen MR) is 111 cm³/mol. The van der Waals surface area contributed by atoms with Crippen molar-refractivity contribution in [2.45, 2.75) is 51.7 Å². The summed E-state index contributed by atoms with van der Waals surface area (Å²) in [6.45, 7) is 7.40. The van der Waals surface area contributed by atoms with Gasteiger partial charge in [0.15, 0.2) is 5.82 Å². The van der Waals surface area contributed by atoms with Crippen molar-refractivity contribution in [1.82, 2.24) is 18.9 Å². The number of aliphatic hydroxyl groups excluding tert-OH is 1. The highest BCUT2D eigenvalue weighted by Gasteiger charge is 2.56. The molecule has 11 heteroatoms. The molecular weight excluding hydrogens is 416 g/mol. The summed E-state index contributed by atoms with van der Waals surface area (Å²) < 4.78 is 26.8. The Labute approximate surface area is 175 Å². The number of hydrogen-bond donors (Lipinski definition) is 2. The summed E-state index contributed by atoms with van der Waals surface area (Å²) in [6.07, 6.45) is 2.21. The van der Waals surface area contributed by atoms with Crippen molar-refractivity contribution in [3.05, 3.63) is 23.1 Å². The minimum Gasteiger partial charge on any atom is -0.392 e. The zero-order valence-corrected chi connectivity index (χ0v) is 18.4. The molecule has 1 saturated carbocycles. The maximum atomic E-state index is 11.9. The molecule has 1 aliphatic carbocycles. The topological polar surface area (TPSA) is 117 Å². The van der Waals surface area contributed by atoms with Crippen LogP contribution in [0.5, 0.6) is 0 Å². The summed E-state index contributed by atoms with van der Waals surface area (Å²) in [4.78, 5) is 6.72. The van der Waals surface area contributed by atoms with Crippen LogP contribution in [0.1, 0.15) is 45.1 Å². The molecule has 1 spiro atoms. The Morgan fingerprint density at radius 2 is 2.03 bits per heavy atom. The smallest absolute Gasteiger partial charge is 0.277 e. The summed E-state index contributed by atoms with van der Waals surface area (Å²) in [6, 6.07) is 1.77. The van der Waals surface area contributed by atoms with Crippen LogP contribution >= 0.6 is 11.6 Å². The third kappa shape index (κ3) is 3.61. The maximum absolute atomic E-state index is 11.9.